The summed E-state index contributed by atoms with van der Waals surface area (Å²) < 4.78 is 0. The highest BCUT2D eigenvalue weighted by Crippen LogP contribution is 2.26. The molecule has 0 aliphatic carbocycles. The molecule has 1 amide bonds. The van der Waals surface area contributed by atoms with E-state index in [1.165, 1.54) is 37.8 Å². The molecule has 0 aromatic heterocycles. The van der Waals surface area contributed by atoms with Gasteiger partial charge in [-0.1, -0.05) is 26.7 Å². The predicted molar refractivity (Wildman–Crippen MR) is 98.8 cm³/mol. The molecule has 2 rings (SSSR count). The Morgan fingerprint density at radius 2 is 1.92 bits per heavy atom. The molecule has 1 heterocycles. The highest BCUT2D eigenvalue weighted by Gasteiger charge is 2.24. The fourth-order valence-electron chi connectivity index (χ4n) is 3.41. The van der Waals surface area contributed by atoms with E-state index >= 15 is 0 Å². The van der Waals surface area contributed by atoms with Crippen molar-refractivity contribution in [2.24, 2.45) is 11.7 Å². The van der Waals surface area contributed by atoms with Gasteiger partial charge in [-0.05, 0) is 44.0 Å². The zero-order valence-electron chi connectivity index (χ0n) is 15.0. The molecular formula is C18H28N4O3. The van der Waals surface area contributed by atoms with Gasteiger partial charge in [0.15, 0.2) is 0 Å². The molecule has 1 fully saturated rings. The molecule has 1 saturated heterocycles. The van der Waals surface area contributed by atoms with E-state index in [0.717, 1.165) is 13.1 Å². The number of nitrogens with two attached hydrogens (primary N) is 1. The minimum absolute atomic E-state index is 0.116. The third kappa shape index (κ3) is 5.16. The summed E-state index contributed by atoms with van der Waals surface area (Å²) in [7, 11) is 0. The minimum atomic E-state index is -0.667. The van der Waals surface area contributed by atoms with Crippen LogP contribution in [0.4, 0.5) is 11.4 Å². The molecule has 1 aliphatic heterocycles. The number of nitrogens with one attached hydrogen (secondary N) is 1. The average Bonchev–Trinajstić information content (AvgIpc) is 2.83. The van der Waals surface area contributed by atoms with Crippen LogP contribution < -0.4 is 11.1 Å². The van der Waals surface area contributed by atoms with Crippen LogP contribution in [0.3, 0.4) is 0 Å². The Labute approximate surface area is 148 Å². The summed E-state index contributed by atoms with van der Waals surface area (Å²) >= 11 is 0. The molecule has 0 saturated carbocycles. The number of amides is 1. The molecule has 1 aliphatic rings. The number of carbonyl (C=O) groups excluding carboxylic acids is 1. The molecule has 7 heteroatoms. The van der Waals surface area contributed by atoms with Crippen molar-refractivity contribution in [2.45, 2.75) is 45.6 Å². The Morgan fingerprint density at radius 1 is 1.28 bits per heavy atom. The summed E-state index contributed by atoms with van der Waals surface area (Å²) in [4.78, 5) is 24.6. The molecule has 7 nitrogen and oxygen atoms in total. The fraction of sp³-hybridized carbons (Fsp3) is 0.611. The van der Waals surface area contributed by atoms with Gasteiger partial charge in [-0.3, -0.25) is 19.8 Å². The van der Waals surface area contributed by atoms with E-state index < -0.39 is 10.8 Å². The lowest BCUT2D eigenvalue weighted by Gasteiger charge is -2.34. The molecule has 1 aromatic carbocycles. The first kappa shape index (κ1) is 19.2. The number of anilines is 1. The van der Waals surface area contributed by atoms with Gasteiger partial charge in [-0.15, -0.1) is 0 Å². The number of hydrogen-bond acceptors (Lipinski definition) is 5. The fourth-order valence-corrected chi connectivity index (χ4v) is 3.41. The molecule has 0 radical (unpaired) electrons. The van der Waals surface area contributed by atoms with E-state index in [9.17, 15) is 14.9 Å². The van der Waals surface area contributed by atoms with E-state index in [1.54, 1.807) is 6.07 Å². The van der Waals surface area contributed by atoms with Crippen molar-refractivity contribution in [3.8, 4) is 0 Å². The lowest BCUT2D eigenvalue weighted by Crippen LogP contribution is -2.44. The van der Waals surface area contributed by atoms with Gasteiger partial charge >= 0.3 is 0 Å². The Morgan fingerprint density at radius 3 is 2.44 bits per heavy atom. The average molecular weight is 348 g/mol. The molecule has 3 N–H and O–H groups in total. The molecule has 138 valence electrons. The van der Waals surface area contributed by atoms with Crippen molar-refractivity contribution in [3.63, 3.8) is 0 Å². The maximum absolute atomic E-state index is 11.3. The zero-order valence-corrected chi connectivity index (χ0v) is 15.0. The van der Waals surface area contributed by atoms with Gasteiger partial charge in [0.05, 0.1) is 4.92 Å². The van der Waals surface area contributed by atoms with Crippen LogP contribution in [0.15, 0.2) is 18.2 Å². The van der Waals surface area contributed by atoms with Crippen LogP contribution in [0, 0.1) is 16.0 Å². The lowest BCUT2D eigenvalue weighted by molar-refractivity contribution is -0.384. The van der Waals surface area contributed by atoms with E-state index in [-0.39, 0.29) is 11.3 Å². The van der Waals surface area contributed by atoms with Crippen LogP contribution in [0.25, 0.3) is 0 Å². The second kappa shape index (κ2) is 8.80. The maximum atomic E-state index is 11.3. The molecule has 0 unspecified atom stereocenters. The Bertz CT molecular complexity index is 610. The molecule has 1 aromatic rings. The van der Waals surface area contributed by atoms with E-state index in [4.69, 9.17) is 5.73 Å². The summed E-state index contributed by atoms with van der Waals surface area (Å²) in [6, 6.07) is 4.64. The molecule has 25 heavy (non-hydrogen) atoms. The Balaban J connectivity index is 2.14. The summed E-state index contributed by atoms with van der Waals surface area (Å²) in [6.07, 6.45) is 4.96. The van der Waals surface area contributed by atoms with Crippen molar-refractivity contribution in [3.05, 3.63) is 33.9 Å². The second-order valence-electron chi connectivity index (χ2n) is 7.00. The maximum Gasteiger partial charge on any atom is 0.293 e. The molecule has 0 bridgehead atoms. The molecule has 1 atom stereocenters. The van der Waals surface area contributed by atoms with E-state index in [2.05, 4.69) is 24.1 Å². The lowest BCUT2D eigenvalue weighted by atomic mass is 10.0. The summed E-state index contributed by atoms with van der Waals surface area (Å²) in [5.74, 6) is -0.228. The summed E-state index contributed by atoms with van der Waals surface area (Å²) in [5, 5.41) is 14.5. The highest BCUT2D eigenvalue weighted by atomic mass is 16.6. The number of primary amides is 1. The van der Waals surface area contributed by atoms with Gasteiger partial charge in [0.1, 0.15) is 5.69 Å². The standard InChI is InChI=1S/C18H28N4O3/c1-13(2)17(21-9-5-3-4-6-10-21)12-20-15-8-7-14(18(19)23)11-16(15)22(24)25/h7-8,11,13,17,20H,3-6,9-10,12H2,1-2H3,(H2,19,23)/t17-/m0/s1. The Kier molecular flexibility index (Phi) is 6.75. The topological polar surface area (TPSA) is 101 Å². The molecule has 0 spiro atoms. The minimum Gasteiger partial charge on any atom is -0.378 e. The largest absolute Gasteiger partial charge is 0.378 e. The number of nitro groups is 1. The van der Waals surface area contributed by atoms with Crippen LogP contribution in [0.1, 0.15) is 49.9 Å². The summed E-state index contributed by atoms with van der Waals surface area (Å²) in [5.41, 5.74) is 5.67. The van der Waals surface area contributed by atoms with Gasteiger partial charge in [0, 0.05) is 24.2 Å². The zero-order chi connectivity index (χ0) is 18.4. The number of likely N-dealkylation sites (tertiary alicyclic amines) is 1. The van der Waals surface area contributed by atoms with Crippen molar-refractivity contribution in [2.75, 3.05) is 25.0 Å². The van der Waals surface area contributed by atoms with Gasteiger partial charge < -0.3 is 11.1 Å². The van der Waals surface area contributed by atoms with Gasteiger partial charge in [0.2, 0.25) is 5.91 Å². The van der Waals surface area contributed by atoms with Crippen molar-refractivity contribution in [1.29, 1.82) is 0 Å². The third-order valence-corrected chi connectivity index (χ3v) is 4.86. The predicted octanol–water partition coefficient (Wildman–Crippen LogP) is 3.01. The number of rotatable bonds is 7. The number of carbonyl (C=O) groups is 1. The number of nitro benzene ring substituents is 1. The van der Waals surface area contributed by atoms with Crippen molar-refractivity contribution >= 4 is 17.3 Å². The quantitative estimate of drug-likeness (QED) is 0.582. The van der Waals surface area contributed by atoms with Crippen molar-refractivity contribution < 1.29 is 9.72 Å². The van der Waals surface area contributed by atoms with Crippen LogP contribution in [0.5, 0.6) is 0 Å². The van der Waals surface area contributed by atoms with Crippen molar-refractivity contribution in [1.82, 2.24) is 4.90 Å². The second-order valence-corrected chi connectivity index (χ2v) is 7.00. The van der Waals surface area contributed by atoms with Crippen LogP contribution in [-0.2, 0) is 0 Å². The van der Waals surface area contributed by atoms with Gasteiger partial charge in [0.25, 0.3) is 5.69 Å². The highest BCUT2D eigenvalue weighted by molar-refractivity contribution is 5.94. The van der Waals surface area contributed by atoms with Gasteiger partial charge in [-0.25, -0.2) is 0 Å². The first-order valence-electron chi connectivity index (χ1n) is 8.96. The number of benzene rings is 1. The van der Waals surface area contributed by atoms with E-state index in [0.29, 0.717) is 24.2 Å². The van der Waals surface area contributed by atoms with Gasteiger partial charge in [-0.2, -0.15) is 0 Å². The number of hydrogen-bond donors (Lipinski definition) is 2. The first-order chi connectivity index (χ1) is 11.9. The SMILES string of the molecule is CC(C)[C@H](CNc1ccc(C(N)=O)cc1[N+](=O)[O-])N1CCCCCC1. The first-order valence-corrected chi connectivity index (χ1v) is 8.96. The monoisotopic (exact) mass is 348 g/mol. The van der Waals surface area contributed by atoms with Crippen LogP contribution in [-0.4, -0.2) is 41.4 Å². The normalized spacial score (nSPS) is 17.1. The Hall–Kier alpha value is -2.15. The summed E-state index contributed by atoms with van der Waals surface area (Å²) in [6.45, 7) is 7.15. The smallest absolute Gasteiger partial charge is 0.293 e. The number of nitrogens with zero attached hydrogens (tertiary/aromatic N) is 2. The van der Waals surface area contributed by atoms with E-state index in [1.807, 2.05) is 0 Å². The van der Waals surface area contributed by atoms with Crippen LogP contribution in [0.2, 0.25) is 0 Å². The third-order valence-electron chi connectivity index (χ3n) is 4.86. The molecular weight excluding hydrogens is 320 g/mol. The van der Waals surface area contributed by atoms with Crippen LogP contribution >= 0.6 is 0 Å².